The number of hydrogen-bond acceptors (Lipinski definition) is 3. The molecule has 1 heterocycles. The van der Waals surface area contributed by atoms with E-state index >= 15 is 0 Å². The van der Waals surface area contributed by atoms with Gasteiger partial charge in [0, 0.05) is 11.4 Å². The Labute approximate surface area is 77.3 Å². The number of rotatable bonds is 2. The second-order valence-corrected chi connectivity index (χ2v) is 3.66. The Balaban J connectivity index is 2.87. The predicted molar refractivity (Wildman–Crippen MR) is 45.3 cm³/mol. The molecule has 6 heteroatoms. The maximum Gasteiger partial charge on any atom is 0.425 e. The molecule has 74 valence electrons. The SMILES string of the molecule is NC[C@@H](N)c1ccc(C(F)(F)F)s1. The van der Waals surface area contributed by atoms with Crippen LogP contribution in [0.3, 0.4) is 0 Å². The Hall–Kier alpha value is -0.590. The zero-order valence-corrected chi connectivity index (χ0v) is 7.45. The first-order valence-electron chi connectivity index (χ1n) is 3.57. The third-order valence-corrected chi connectivity index (χ3v) is 2.79. The van der Waals surface area contributed by atoms with Gasteiger partial charge in [-0.25, -0.2) is 0 Å². The van der Waals surface area contributed by atoms with E-state index in [9.17, 15) is 13.2 Å². The zero-order valence-electron chi connectivity index (χ0n) is 6.64. The lowest BCUT2D eigenvalue weighted by atomic mass is 10.2. The van der Waals surface area contributed by atoms with Gasteiger partial charge in [0.2, 0.25) is 0 Å². The fraction of sp³-hybridized carbons (Fsp3) is 0.429. The largest absolute Gasteiger partial charge is 0.425 e. The summed E-state index contributed by atoms with van der Waals surface area (Å²) in [6, 6.07) is 1.89. The molecule has 1 aromatic heterocycles. The van der Waals surface area contributed by atoms with Crippen LogP contribution in [-0.4, -0.2) is 6.54 Å². The zero-order chi connectivity index (χ0) is 10.1. The summed E-state index contributed by atoms with van der Waals surface area (Å²) in [5.74, 6) is 0. The molecule has 1 atom stereocenters. The van der Waals surface area contributed by atoms with E-state index in [1.807, 2.05) is 0 Å². The fourth-order valence-electron chi connectivity index (χ4n) is 0.821. The van der Waals surface area contributed by atoms with Crippen LogP contribution in [-0.2, 0) is 6.18 Å². The van der Waals surface area contributed by atoms with E-state index in [0.717, 1.165) is 6.07 Å². The monoisotopic (exact) mass is 210 g/mol. The second-order valence-electron chi connectivity index (χ2n) is 2.54. The number of nitrogens with two attached hydrogens (primary N) is 2. The van der Waals surface area contributed by atoms with Gasteiger partial charge in [0.05, 0.1) is 6.04 Å². The van der Waals surface area contributed by atoms with Gasteiger partial charge >= 0.3 is 6.18 Å². The van der Waals surface area contributed by atoms with Crippen molar-refractivity contribution in [3.05, 3.63) is 21.9 Å². The predicted octanol–water partition coefficient (Wildman–Crippen LogP) is 1.73. The quantitative estimate of drug-likeness (QED) is 0.781. The van der Waals surface area contributed by atoms with Crippen LogP contribution in [0.4, 0.5) is 13.2 Å². The average Bonchev–Trinajstić information content (AvgIpc) is 2.50. The van der Waals surface area contributed by atoms with Gasteiger partial charge in [0.15, 0.2) is 0 Å². The first-order chi connectivity index (χ1) is 5.95. The number of hydrogen-bond donors (Lipinski definition) is 2. The van der Waals surface area contributed by atoms with Crippen molar-refractivity contribution in [2.24, 2.45) is 11.5 Å². The molecule has 2 nitrogen and oxygen atoms in total. The Morgan fingerprint density at radius 2 is 2.00 bits per heavy atom. The maximum atomic E-state index is 12.1. The molecule has 0 aliphatic carbocycles. The molecule has 1 aromatic rings. The lowest BCUT2D eigenvalue weighted by Crippen LogP contribution is -2.19. The topological polar surface area (TPSA) is 52.0 Å². The van der Waals surface area contributed by atoms with Gasteiger partial charge in [0.1, 0.15) is 4.88 Å². The van der Waals surface area contributed by atoms with E-state index in [0.29, 0.717) is 16.2 Å². The van der Waals surface area contributed by atoms with Crippen molar-refractivity contribution in [1.82, 2.24) is 0 Å². The molecular weight excluding hydrogens is 201 g/mol. The Morgan fingerprint density at radius 1 is 1.38 bits per heavy atom. The van der Waals surface area contributed by atoms with Crippen molar-refractivity contribution in [3.63, 3.8) is 0 Å². The first-order valence-corrected chi connectivity index (χ1v) is 4.39. The van der Waals surface area contributed by atoms with Crippen LogP contribution in [0.15, 0.2) is 12.1 Å². The molecule has 0 amide bonds. The molecule has 0 aromatic carbocycles. The number of thiophene rings is 1. The van der Waals surface area contributed by atoms with E-state index in [1.54, 1.807) is 0 Å². The molecule has 0 spiro atoms. The molecular formula is C7H9F3N2S. The summed E-state index contributed by atoms with van der Waals surface area (Å²) in [5.41, 5.74) is 10.7. The molecule has 0 aliphatic heterocycles. The highest BCUT2D eigenvalue weighted by molar-refractivity contribution is 7.12. The molecule has 0 radical (unpaired) electrons. The van der Waals surface area contributed by atoms with E-state index in [4.69, 9.17) is 11.5 Å². The van der Waals surface area contributed by atoms with Gasteiger partial charge in [-0.15, -0.1) is 11.3 Å². The van der Waals surface area contributed by atoms with Gasteiger partial charge in [-0.1, -0.05) is 0 Å². The van der Waals surface area contributed by atoms with Gasteiger partial charge in [-0.2, -0.15) is 13.2 Å². The molecule has 13 heavy (non-hydrogen) atoms. The van der Waals surface area contributed by atoms with Crippen LogP contribution in [0.5, 0.6) is 0 Å². The first kappa shape index (κ1) is 10.5. The highest BCUT2D eigenvalue weighted by Crippen LogP contribution is 2.35. The minimum Gasteiger partial charge on any atom is -0.329 e. The van der Waals surface area contributed by atoms with Crippen molar-refractivity contribution < 1.29 is 13.2 Å². The fourth-order valence-corrected chi connectivity index (χ4v) is 1.71. The summed E-state index contributed by atoms with van der Waals surface area (Å²) >= 11 is 0.642. The molecule has 0 aliphatic rings. The Bertz CT molecular complexity index is 282. The molecule has 1 rings (SSSR count). The van der Waals surface area contributed by atoms with Crippen LogP contribution >= 0.6 is 11.3 Å². The van der Waals surface area contributed by atoms with Gasteiger partial charge in [0.25, 0.3) is 0 Å². The highest BCUT2D eigenvalue weighted by atomic mass is 32.1. The average molecular weight is 210 g/mol. The standard InChI is InChI=1S/C7H9F3N2S/c8-7(9,10)6-2-1-5(13-6)4(12)3-11/h1-2,4H,3,11-12H2/t4-/m1/s1. The molecule has 0 saturated heterocycles. The lowest BCUT2D eigenvalue weighted by Gasteiger charge is -2.04. The van der Waals surface area contributed by atoms with Crippen molar-refractivity contribution >= 4 is 11.3 Å². The van der Waals surface area contributed by atoms with E-state index in [2.05, 4.69) is 0 Å². The van der Waals surface area contributed by atoms with E-state index in [-0.39, 0.29) is 6.54 Å². The highest BCUT2D eigenvalue weighted by Gasteiger charge is 2.32. The van der Waals surface area contributed by atoms with Crippen LogP contribution in [0, 0.1) is 0 Å². The lowest BCUT2D eigenvalue weighted by molar-refractivity contribution is -0.134. The number of halogens is 3. The van der Waals surface area contributed by atoms with Crippen LogP contribution < -0.4 is 11.5 Å². The minimum atomic E-state index is -4.28. The van der Waals surface area contributed by atoms with Crippen molar-refractivity contribution in [1.29, 1.82) is 0 Å². The van der Waals surface area contributed by atoms with Crippen LogP contribution in [0.2, 0.25) is 0 Å². The summed E-state index contributed by atoms with van der Waals surface area (Å²) < 4.78 is 36.3. The third kappa shape index (κ3) is 2.43. The smallest absolute Gasteiger partial charge is 0.329 e. The molecule has 0 saturated carbocycles. The molecule has 0 bridgehead atoms. The van der Waals surface area contributed by atoms with E-state index in [1.165, 1.54) is 6.07 Å². The molecule has 4 N–H and O–H groups in total. The van der Waals surface area contributed by atoms with Crippen LogP contribution in [0.1, 0.15) is 15.8 Å². The Morgan fingerprint density at radius 3 is 2.38 bits per heavy atom. The second kappa shape index (κ2) is 3.65. The summed E-state index contributed by atoms with van der Waals surface area (Å²) in [5, 5.41) is 0. The minimum absolute atomic E-state index is 0.151. The Kier molecular flexibility index (Phi) is 2.94. The third-order valence-electron chi connectivity index (χ3n) is 1.53. The summed E-state index contributed by atoms with van der Waals surface area (Å²) in [6.45, 7) is 0.151. The summed E-state index contributed by atoms with van der Waals surface area (Å²) in [4.78, 5) is -0.166. The van der Waals surface area contributed by atoms with Gasteiger partial charge < -0.3 is 11.5 Å². The van der Waals surface area contributed by atoms with Crippen molar-refractivity contribution in [2.75, 3.05) is 6.54 Å². The van der Waals surface area contributed by atoms with Crippen LogP contribution in [0.25, 0.3) is 0 Å². The molecule has 0 unspecified atom stereocenters. The van der Waals surface area contributed by atoms with E-state index < -0.39 is 17.1 Å². The maximum absolute atomic E-state index is 12.1. The number of alkyl halides is 3. The summed E-state index contributed by atoms with van der Waals surface area (Å²) in [7, 11) is 0. The van der Waals surface area contributed by atoms with Crippen molar-refractivity contribution in [2.45, 2.75) is 12.2 Å². The van der Waals surface area contributed by atoms with Crippen molar-refractivity contribution in [3.8, 4) is 0 Å². The van der Waals surface area contributed by atoms with Gasteiger partial charge in [-0.3, -0.25) is 0 Å². The molecule has 0 fully saturated rings. The normalized spacial score (nSPS) is 14.5. The van der Waals surface area contributed by atoms with Gasteiger partial charge in [-0.05, 0) is 12.1 Å². The summed E-state index contributed by atoms with van der Waals surface area (Å²) in [6.07, 6.45) is -4.28.